The number of aromatic nitrogens is 1. The van der Waals surface area contributed by atoms with Crippen molar-refractivity contribution in [1.29, 1.82) is 0 Å². The minimum atomic E-state index is -0.335. The molecule has 2 rings (SSSR count). The van der Waals surface area contributed by atoms with Gasteiger partial charge < -0.3 is 20.7 Å². The van der Waals surface area contributed by atoms with E-state index in [1.54, 1.807) is 12.3 Å². The molecule has 0 radical (unpaired) electrons. The Labute approximate surface area is 163 Å². The fourth-order valence-corrected chi connectivity index (χ4v) is 3.65. The average Bonchev–Trinajstić information content (AvgIpc) is 3.06. The topological polar surface area (TPSA) is 109 Å². The summed E-state index contributed by atoms with van der Waals surface area (Å²) >= 11 is 1.27. The van der Waals surface area contributed by atoms with Gasteiger partial charge in [-0.15, -0.1) is 11.3 Å². The SMILES string of the molecule is CCOC(=O)Cc1csc(NC(=O)CCCNC(=O)NC2CCCCC2)n1. The lowest BCUT2D eigenvalue weighted by Crippen LogP contribution is -2.43. The zero-order valence-electron chi connectivity index (χ0n) is 15.7. The van der Waals surface area contributed by atoms with Crippen molar-refractivity contribution in [2.24, 2.45) is 0 Å². The Morgan fingerprint density at radius 1 is 1.26 bits per heavy atom. The summed E-state index contributed by atoms with van der Waals surface area (Å²) in [7, 11) is 0. The number of hydrogen-bond acceptors (Lipinski definition) is 6. The van der Waals surface area contributed by atoms with E-state index in [0.29, 0.717) is 30.4 Å². The highest BCUT2D eigenvalue weighted by atomic mass is 32.1. The van der Waals surface area contributed by atoms with Crippen LogP contribution in [-0.2, 0) is 20.7 Å². The van der Waals surface area contributed by atoms with Gasteiger partial charge in [0, 0.05) is 24.4 Å². The molecule has 1 fully saturated rings. The number of thiazole rings is 1. The van der Waals surface area contributed by atoms with Crippen LogP contribution in [0.1, 0.15) is 57.6 Å². The standard InChI is InChI=1S/C18H28N4O4S/c1-2-26-16(24)11-14-12-27-18(21-14)22-15(23)9-6-10-19-17(25)20-13-7-4-3-5-8-13/h12-13H,2-11H2,1H3,(H2,19,20,25)(H,21,22,23). The summed E-state index contributed by atoms with van der Waals surface area (Å²) in [5.74, 6) is -0.500. The van der Waals surface area contributed by atoms with E-state index in [1.807, 2.05) is 0 Å². The molecule has 0 aromatic carbocycles. The van der Waals surface area contributed by atoms with Crippen molar-refractivity contribution in [3.63, 3.8) is 0 Å². The Bertz CT molecular complexity index is 629. The van der Waals surface area contributed by atoms with Crippen LogP contribution in [0.25, 0.3) is 0 Å². The molecule has 0 aliphatic heterocycles. The molecule has 1 saturated carbocycles. The fraction of sp³-hybridized carbons (Fsp3) is 0.667. The van der Waals surface area contributed by atoms with Crippen LogP contribution in [0.4, 0.5) is 9.93 Å². The number of ether oxygens (including phenoxy) is 1. The second-order valence-corrected chi connectivity index (χ2v) is 7.37. The van der Waals surface area contributed by atoms with Crippen molar-refractivity contribution >= 4 is 34.4 Å². The summed E-state index contributed by atoms with van der Waals surface area (Å²) in [6.07, 6.45) is 6.61. The van der Waals surface area contributed by atoms with Crippen molar-refractivity contribution in [2.45, 2.75) is 64.3 Å². The van der Waals surface area contributed by atoms with Gasteiger partial charge in [-0.25, -0.2) is 9.78 Å². The molecule has 1 aliphatic carbocycles. The first kappa shape index (κ1) is 21.1. The molecule has 3 N–H and O–H groups in total. The summed E-state index contributed by atoms with van der Waals surface area (Å²) in [4.78, 5) is 39.4. The molecule has 0 atom stereocenters. The third-order valence-corrected chi connectivity index (χ3v) is 5.04. The maximum absolute atomic E-state index is 11.9. The smallest absolute Gasteiger partial charge is 0.315 e. The third kappa shape index (κ3) is 8.38. The molecule has 27 heavy (non-hydrogen) atoms. The number of rotatable bonds is 9. The predicted octanol–water partition coefficient (Wildman–Crippen LogP) is 2.60. The molecule has 0 unspecified atom stereocenters. The second kappa shape index (κ2) is 11.5. The van der Waals surface area contributed by atoms with Crippen molar-refractivity contribution in [3.05, 3.63) is 11.1 Å². The van der Waals surface area contributed by atoms with E-state index < -0.39 is 0 Å². The average molecular weight is 397 g/mol. The maximum Gasteiger partial charge on any atom is 0.315 e. The van der Waals surface area contributed by atoms with Gasteiger partial charge in [-0.2, -0.15) is 0 Å². The Hall–Kier alpha value is -2.16. The molecule has 1 heterocycles. The predicted molar refractivity (Wildman–Crippen MR) is 104 cm³/mol. The van der Waals surface area contributed by atoms with Crippen LogP contribution in [0.15, 0.2) is 5.38 Å². The second-order valence-electron chi connectivity index (χ2n) is 6.51. The van der Waals surface area contributed by atoms with E-state index in [-0.39, 0.29) is 36.8 Å². The van der Waals surface area contributed by atoms with E-state index in [9.17, 15) is 14.4 Å². The molecule has 8 nitrogen and oxygen atoms in total. The molecule has 0 bridgehead atoms. The fourth-order valence-electron chi connectivity index (χ4n) is 2.92. The zero-order chi connectivity index (χ0) is 19.5. The van der Waals surface area contributed by atoms with E-state index in [2.05, 4.69) is 20.9 Å². The number of esters is 1. The van der Waals surface area contributed by atoms with Crippen LogP contribution in [-0.4, -0.2) is 42.1 Å². The molecule has 3 amide bonds. The largest absolute Gasteiger partial charge is 0.466 e. The highest BCUT2D eigenvalue weighted by Crippen LogP contribution is 2.17. The highest BCUT2D eigenvalue weighted by Gasteiger charge is 2.15. The van der Waals surface area contributed by atoms with Crippen LogP contribution >= 0.6 is 11.3 Å². The first-order valence-electron chi connectivity index (χ1n) is 9.51. The molecule has 150 valence electrons. The number of amides is 3. The molecular formula is C18H28N4O4S. The monoisotopic (exact) mass is 396 g/mol. The molecular weight excluding hydrogens is 368 g/mol. The van der Waals surface area contributed by atoms with Gasteiger partial charge in [0.25, 0.3) is 0 Å². The number of nitrogens with one attached hydrogen (secondary N) is 3. The van der Waals surface area contributed by atoms with Crippen molar-refractivity contribution < 1.29 is 19.1 Å². The molecule has 9 heteroatoms. The van der Waals surface area contributed by atoms with Crippen LogP contribution in [0.5, 0.6) is 0 Å². The molecule has 0 saturated heterocycles. The van der Waals surface area contributed by atoms with Gasteiger partial charge in [-0.05, 0) is 26.2 Å². The van der Waals surface area contributed by atoms with Crippen LogP contribution in [0.2, 0.25) is 0 Å². The van der Waals surface area contributed by atoms with E-state index in [0.717, 1.165) is 12.8 Å². The lowest BCUT2D eigenvalue weighted by molar-refractivity contribution is -0.142. The highest BCUT2D eigenvalue weighted by molar-refractivity contribution is 7.13. The minimum Gasteiger partial charge on any atom is -0.466 e. The van der Waals surface area contributed by atoms with Gasteiger partial charge in [-0.3, -0.25) is 9.59 Å². The van der Waals surface area contributed by atoms with E-state index in [1.165, 1.54) is 30.6 Å². The van der Waals surface area contributed by atoms with E-state index in [4.69, 9.17) is 4.74 Å². The van der Waals surface area contributed by atoms with Gasteiger partial charge in [0.2, 0.25) is 5.91 Å². The van der Waals surface area contributed by atoms with Gasteiger partial charge in [0.1, 0.15) is 0 Å². The van der Waals surface area contributed by atoms with Gasteiger partial charge in [0.05, 0.1) is 18.7 Å². The first-order valence-corrected chi connectivity index (χ1v) is 10.4. The molecule has 1 aromatic rings. The summed E-state index contributed by atoms with van der Waals surface area (Å²) in [5.41, 5.74) is 0.579. The number of carbonyl (C=O) groups is 3. The Balaban J connectivity index is 1.58. The number of urea groups is 1. The number of hydrogen-bond donors (Lipinski definition) is 3. The Morgan fingerprint density at radius 3 is 2.78 bits per heavy atom. The summed E-state index contributed by atoms with van der Waals surface area (Å²) in [6.45, 7) is 2.52. The third-order valence-electron chi connectivity index (χ3n) is 4.24. The molecule has 1 aromatic heterocycles. The normalized spacial score (nSPS) is 14.4. The first-order chi connectivity index (χ1) is 13.1. The van der Waals surface area contributed by atoms with Crippen molar-refractivity contribution in [2.75, 3.05) is 18.5 Å². The van der Waals surface area contributed by atoms with Gasteiger partial charge in [0.15, 0.2) is 5.13 Å². The lowest BCUT2D eigenvalue weighted by Gasteiger charge is -2.22. The summed E-state index contributed by atoms with van der Waals surface area (Å²) in [5, 5.41) is 10.7. The number of carbonyl (C=O) groups excluding carboxylic acids is 3. The Morgan fingerprint density at radius 2 is 2.04 bits per heavy atom. The zero-order valence-corrected chi connectivity index (χ0v) is 16.5. The summed E-state index contributed by atoms with van der Waals surface area (Å²) in [6, 6.07) is 0.113. The maximum atomic E-state index is 11.9. The Kier molecular flexibility index (Phi) is 9.03. The number of anilines is 1. The summed E-state index contributed by atoms with van der Waals surface area (Å²) < 4.78 is 4.87. The minimum absolute atomic E-state index is 0.0975. The van der Waals surface area contributed by atoms with Crippen molar-refractivity contribution in [3.8, 4) is 0 Å². The van der Waals surface area contributed by atoms with Crippen molar-refractivity contribution in [1.82, 2.24) is 15.6 Å². The van der Waals surface area contributed by atoms with Gasteiger partial charge in [-0.1, -0.05) is 19.3 Å². The van der Waals surface area contributed by atoms with Gasteiger partial charge >= 0.3 is 12.0 Å². The quantitative estimate of drug-likeness (QED) is 0.439. The van der Waals surface area contributed by atoms with Crippen LogP contribution in [0.3, 0.4) is 0 Å². The number of nitrogens with zero attached hydrogens (tertiary/aromatic N) is 1. The molecule has 0 spiro atoms. The van der Waals surface area contributed by atoms with Crippen LogP contribution in [0, 0.1) is 0 Å². The molecule has 1 aliphatic rings. The van der Waals surface area contributed by atoms with E-state index >= 15 is 0 Å². The van der Waals surface area contributed by atoms with Crippen LogP contribution < -0.4 is 16.0 Å². The lowest BCUT2D eigenvalue weighted by atomic mass is 9.96.